The number of hydrogen-bond donors (Lipinski definition) is 1. The van der Waals surface area contributed by atoms with Crippen molar-refractivity contribution in [2.45, 2.75) is 32.7 Å². The van der Waals surface area contributed by atoms with Gasteiger partial charge in [0.15, 0.2) is 11.5 Å². The summed E-state index contributed by atoms with van der Waals surface area (Å²) in [6.45, 7) is 5.79. The Morgan fingerprint density at radius 2 is 2.14 bits per heavy atom. The van der Waals surface area contributed by atoms with Gasteiger partial charge in [0.1, 0.15) is 23.5 Å². The van der Waals surface area contributed by atoms with Gasteiger partial charge in [0.05, 0.1) is 12.4 Å². The monoisotopic (exact) mass is 298 g/mol. The molecule has 8 nitrogen and oxygen atoms in total. The first kappa shape index (κ1) is 13.2. The predicted molar refractivity (Wildman–Crippen MR) is 81.7 cm³/mol. The Morgan fingerprint density at radius 3 is 2.95 bits per heavy atom. The van der Waals surface area contributed by atoms with Gasteiger partial charge in [-0.05, 0) is 26.7 Å². The molecule has 1 N–H and O–H groups in total. The van der Waals surface area contributed by atoms with Crippen molar-refractivity contribution in [1.82, 2.24) is 34.7 Å². The first-order valence-electron chi connectivity index (χ1n) is 7.51. The third-order valence-corrected chi connectivity index (χ3v) is 4.15. The lowest BCUT2D eigenvalue weighted by atomic mass is 10.1. The van der Waals surface area contributed by atoms with E-state index in [-0.39, 0.29) is 0 Å². The summed E-state index contributed by atoms with van der Waals surface area (Å²) in [7, 11) is 0. The smallest absolute Gasteiger partial charge is 0.182 e. The maximum atomic E-state index is 4.54. The molecule has 3 aromatic rings. The molecule has 0 aliphatic carbocycles. The Hall–Kier alpha value is -2.51. The van der Waals surface area contributed by atoms with Crippen LogP contribution in [0.1, 0.15) is 30.5 Å². The van der Waals surface area contributed by atoms with E-state index < -0.39 is 0 Å². The van der Waals surface area contributed by atoms with Gasteiger partial charge in [-0.2, -0.15) is 5.10 Å². The highest BCUT2D eigenvalue weighted by Gasteiger charge is 2.26. The maximum absolute atomic E-state index is 4.54. The standard InChI is InChI=1S/C14H18N8/c1-9-19-10(2)22(20-9)11-4-3-5-21(6-11)14-12-13(16-7-15-12)17-8-18-14/h7-8,11H,3-6H2,1-2H3,(H,15,16,17,18). The largest absolute Gasteiger partial charge is 0.353 e. The van der Waals surface area contributed by atoms with Crippen LogP contribution >= 0.6 is 0 Å². The van der Waals surface area contributed by atoms with Crippen LogP contribution in [0, 0.1) is 13.8 Å². The van der Waals surface area contributed by atoms with Crippen LogP contribution in [0.5, 0.6) is 0 Å². The molecule has 8 heteroatoms. The second-order valence-corrected chi connectivity index (χ2v) is 5.69. The molecule has 4 rings (SSSR count). The van der Waals surface area contributed by atoms with Crippen molar-refractivity contribution in [2.24, 2.45) is 0 Å². The van der Waals surface area contributed by atoms with Crippen LogP contribution in [0.3, 0.4) is 0 Å². The second kappa shape index (κ2) is 5.04. The van der Waals surface area contributed by atoms with E-state index in [1.807, 2.05) is 18.5 Å². The maximum Gasteiger partial charge on any atom is 0.182 e. The quantitative estimate of drug-likeness (QED) is 0.769. The molecule has 0 bridgehead atoms. The summed E-state index contributed by atoms with van der Waals surface area (Å²) in [5.74, 6) is 2.72. The van der Waals surface area contributed by atoms with Crippen LogP contribution in [0.15, 0.2) is 12.7 Å². The molecular weight excluding hydrogens is 280 g/mol. The number of aromatic amines is 1. The molecule has 0 saturated carbocycles. The van der Waals surface area contributed by atoms with Crippen molar-refractivity contribution in [1.29, 1.82) is 0 Å². The zero-order chi connectivity index (χ0) is 15.1. The fraction of sp³-hybridized carbons (Fsp3) is 0.500. The van der Waals surface area contributed by atoms with Gasteiger partial charge >= 0.3 is 0 Å². The summed E-state index contributed by atoms with van der Waals surface area (Å²) in [5.41, 5.74) is 1.61. The molecule has 1 aliphatic heterocycles. The van der Waals surface area contributed by atoms with Gasteiger partial charge in [-0.3, -0.25) is 0 Å². The van der Waals surface area contributed by atoms with Crippen LogP contribution in [0.4, 0.5) is 5.82 Å². The van der Waals surface area contributed by atoms with Crippen molar-refractivity contribution in [3.05, 3.63) is 24.3 Å². The molecule has 3 aromatic heterocycles. The summed E-state index contributed by atoms with van der Waals surface area (Å²) in [6.07, 6.45) is 5.45. The number of imidazole rings is 1. The Kier molecular flexibility index (Phi) is 3.02. The number of aromatic nitrogens is 7. The van der Waals surface area contributed by atoms with Crippen molar-refractivity contribution in [3.8, 4) is 0 Å². The lowest BCUT2D eigenvalue weighted by Crippen LogP contribution is -2.38. The fourth-order valence-electron chi connectivity index (χ4n) is 3.22. The SMILES string of the molecule is Cc1nc(C)n(C2CCCN(c3ncnc4nc[nH]c34)C2)n1. The minimum absolute atomic E-state index is 0.322. The molecule has 4 heterocycles. The van der Waals surface area contributed by atoms with Crippen molar-refractivity contribution in [2.75, 3.05) is 18.0 Å². The normalized spacial score (nSPS) is 19.0. The predicted octanol–water partition coefficient (Wildman–Crippen LogP) is 1.40. The van der Waals surface area contributed by atoms with E-state index in [9.17, 15) is 0 Å². The highest BCUT2D eigenvalue weighted by molar-refractivity contribution is 5.82. The molecule has 0 radical (unpaired) electrons. The van der Waals surface area contributed by atoms with E-state index in [1.165, 1.54) is 0 Å². The molecule has 0 amide bonds. The van der Waals surface area contributed by atoms with Crippen LogP contribution in [0.25, 0.3) is 11.2 Å². The third-order valence-electron chi connectivity index (χ3n) is 4.15. The molecule has 22 heavy (non-hydrogen) atoms. The number of hydrogen-bond acceptors (Lipinski definition) is 6. The van der Waals surface area contributed by atoms with Gasteiger partial charge in [0.2, 0.25) is 0 Å². The first-order valence-corrected chi connectivity index (χ1v) is 7.51. The summed E-state index contributed by atoms with van der Waals surface area (Å²) in [4.78, 5) is 22.7. The summed E-state index contributed by atoms with van der Waals surface area (Å²) in [6, 6.07) is 0.322. The fourth-order valence-corrected chi connectivity index (χ4v) is 3.22. The molecule has 1 atom stereocenters. The van der Waals surface area contributed by atoms with Gasteiger partial charge < -0.3 is 9.88 Å². The Labute approximate surface area is 127 Å². The average Bonchev–Trinajstić information content (AvgIpc) is 3.13. The number of aryl methyl sites for hydroxylation is 2. The Bertz CT molecular complexity index is 804. The third kappa shape index (κ3) is 2.11. The minimum Gasteiger partial charge on any atom is -0.353 e. The number of anilines is 1. The molecule has 0 spiro atoms. The van der Waals surface area contributed by atoms with Crippen LogP contribution < -0.4 is 4.90 Å². The van der Waals surface area contributed by atoms with Crippen molar-refractivity contribution < 1.29 is 0 Å². The summed E-state index contributed by atoms with van der Waals surface area (Å²) >= 11 is 0. The number of nitrogens with zero attached hydrogens (tertiary/aromatic N) is 7. The molecule has 0 aromatic carbocycles. The highest BCUT2D eigenvalue weighted by Crippen LogP contribution is 2.28. The molecule has 1 saturated heterocycles. The van der Waals surface area contributed by atoms with Gasteiger partial charge in [-0.25, -0.2) is 24.6 Å². The van der Waals surface area contributed by atoms with Crippen molar-refractivity contribution >= 4 is 17.0 Å². The topological polar surface area (TPSA) is 88.4 Å². The number of piperidine rings is 1. The Balaban J connectivity index is 1.66. The first-order chi connectivity index (χ1) is 10.7. The summed E-state index contributed by atoms with van der Waals surface area (Å²) < 4.78 is 2.05. The zero-order valence-corrected chi connectivity index (χ0v) is 12.7. The van der Waals surface area contributed by atoms with E-state index in [0.29, 0.717) is 11.7 Å². The summed E-state index contributed by atoms with van der Waals surface area (Å²) in [5, 5.41) is 4.54. The molecule has 1 fully saturated rings. The van der Waals surface area contributed by atoms with E-state index in [0.717, 1.165) is 48.9 Å². The molecule has 1 aliphatic rings. The number of rotatable bonds is 2. The zero-order valence-electron chi connectivity index (χ0n) is 12.7. The molecular formula is C14H18N8. The van der Waals surface area contributed by atoms with Crippen LogP contribution in [0.2, 0.25) is 0 Å². The lowest BCUT2D eigenvalue weighted by molar-refractivity contribution is 0.367. The molecule has 1 unspecified atom stereocenters. The van der Waals surface area contributed by atoms with Gasteiger partial charge in [-0.15, -0.1) is 0 Å². The molecule has 114 valence electrons. The number of H-pyrrole nitrogens is 1. The van der Waals surface area contributed by atoms with Gasteiger partial charge in [0.25, 0.3) is 0 Å². The van der Waals surface area contributed by atoms with Crippen LogP contribution in [-0.2, 0) is 0 Å². The second-order valence-electron chi connectivity index (χ2n) is 5.69. The minimum atomic E-state index is 0.322. The van der Waals surface area contributed by atoms with Gasteiger partial charge in [-0.1, -0.05) is 0 Å². The van der Waals surface area contributed by atoms with Crippen molar-refractivity contribution in [3.63, 3.8) is 0 Å². The average molecular weight is 298 g/mol. The van der Waals surface area contributed by atoms with E-state index in [1.54, 1.807) is 12.7 Å². The Morgan fingerprint density at radius 1 is 1.23 bits per heavy atom. The van der Waals surface area contributed by atoms with Gasteiger partial charge in [0, 0.05) is 13.1 Å². The highest BCUT2D eigenvalue weighted by atomic mass is 15.4. The van der Waals surface area contributed by atoms with E-state index in [2.05, 4.69) is 34.9 Å². The van der Waals surface area contributed by atoms with E-state index in [4.69, 9.17) is 0 Å². The van der Waals surface area contributed by atoms with Crippen LogP contribution in [-0.4, -0.2) is 47.8 Å². The van der Waals surface area contributed by atoms with E-state index >= 15 is 0 Å². The number of fused-ring (bicyclic) bond motifs is 1. The number of nitrogens with one attached hydrogen (secondary N) is 1. The lowest BCUT2D eigenvalue weighted by Gasteiger charge is -2.33.